The number of nitriles is 1. The van der Waals surface area contributed by atoms with Crippen molar-refractivity contribution in [1.29, 1.82) is 5.26 Å². The van der Waals surface area contributed by atoms with E-state index in [0.717, 1.165) is 0 Å². The molecule has 1 unspecified atom stereocenters. The highest BCUT2D eigenvalue weighted by molar-refractivity contribution is 5.97. The second-order valence-electron chi connectivity index (χ2n) is 3.29. The second-order valence-corrected chi connectivity index (χ2v) is 3.29. The van der Waals surface area contributed by atoms with E-state index in [1.807, 2.05) is 18.2 Å². The van der Waals surface area contributed by atoms with Gasteiger partial charge < -0.3 is 10.1 Å². The van der Waals surface area contributed by atoms with Gasteiger partial charge in [0.2, 0.25) is 0 Å². The van der Waals surface area contributed by atoms with Crippen molar-refractivity contribution < 1.29 is 9.53 Å². The molecule has 0 fully saturated rings. The summed E-state index contributed by atoms with van der Waals surface area (Å²) in [4.78, 5) is 11.5. The Kier molecular flexibility index (Phi) is 2.55. The summed E-state index contributed by atoms with van der Waals surface area (Å²) in [5.74, 6) is 0.490. The maximum absolute atomic E-state index is 11.5. The molecule has 0 radical (unpaired) electrons. The van der Waals surface area contributed by atoms with Crippen molar-refractivity contribution in [2.75, 3.05) is 5.32 Å². The fourth-order valence-electron chi connectivity index (χ4n) is 1.48. The van der Waals surface area contributed by atoms with Gasteiger partial charge in [-0.15, -0.1) is 0 Å². The average Bonchev–Trinajstić information content (AvgIpc) is 2.26. The fourth-order valence-corrected chi connectivity index (χ4v) is 1.48. The first kappa shape index (κ1) is 9.53. The topological polar surface area (TPSA) is 62.1 Å². The van der Waals surface area contributed by atoms with E-state index >= 15 is 0 Å². The molecule has 4 nitrogen and oxygen atoms in total. The molecule has 1 heterocycles. The van der Waals surface area contributed by atoms with Gasteiger partial charge in [-0.3, -0.25) is 4.79 Å². The second kappa shape index (κ2) is 4.01. The fraction of sp³-hybridized carbons (Fsp3) is 0.273. The minimum Gasteiger partial charge on any atom is -0.478 e. The molecule has 0 aliphatic carbocycles. The van der Waals surface area contributed by atoms with Crippen LogP contribution in [0.3, 0.4) is 0 Å². The SMILES string of the molecule is N#CCCC1Oc2ccccc2NC1=O. The standard InChI is InChI=1S/C11H10N2O2/c12-7-3-6-10-11(14)13-8-4-1-2-5-9(8)15-10/h1-2,4-5,10H,3,6H2,(H,13,14). The van der Waals surface area contributed by atoms with Crippen LogP contribution in [-0.4, -0.2) is 12.0 Å². The Bertz CT molecular complexity index is 423. The molecule has 1 aromatic carbocycles. The van der Waals surface area contributed by atoms with Gasteiger partial charge in [-0.1, -0.05) is 12.1 Å². The lowest BCUT2D eigenvalue weighted by Crippen LogP contribution is -2.36. The van der Waals surface area contributed by atoms with Gasteiger partial charge in [0.1, 0.15) is 5.75 Å². The molecule has 1 amide bonds. The Morgan fingerprint density at radius 3 is 3.07 bits per heavy atom. The van der Waals surface area contributed by atoms with E-state index in [4.69, 9.17) is 10.00 Å². The first-order valence-electron chi connectivity index (χ1n) is 4.75. The highest BCUT2D eigenvalue weighted by Gasteiger charge is 2.26. The lowest BCUT2D eigenvalue weighted by atomic mass is 10.1. The number of anilines is 1. The van der Waals surface area contributed by atoms with Crippen LogP contribution in [0, 0.1) is 11.3 Å². The maximum atomic E-state index is 11.5. The Hall–Kier alpha value is -2.02. The van der Waals surface area contributed by atoms with Crippen molar-refractivity contribution >= 4 is 11.6 Å². The van der Waals surface area contributed by atoms with Gasteiger partial charge in [0, 0.05) is 12.8 Å². The van der Waals surface area contributed by atoms with Crippen molar-refractivity contribution in [3.8, 4) is 11.8 Å². The number of hydrogen-bond acceptors (Lipinski definition) is 3. The summed E-state index contributed by atoms with van der Waals surface area (Å²) in [6.45, 7) is 0. The van der Waals surface area contributed by atoms with Gasteiger partial charge in [-0.25, -0.2) is 0 Å². The number of benzene rings is 1. The third-order valence-electron chi connectivity index (χ3n) is 2.22. The summed E-state index contributed by atoms with van der Waals surface area (Å²) in [5, 5.41) is 11.2. The molecule has 0 bridgehead atoms. The van der Waals surface area contributed by atoms with E-state index in [1.165, 1.54) is 0 Å². The summed E-state index contributed by atoms with van der Waals surface area (Å²) in [7, 11) is 0. The molecule has 4 heteroatoms. The summed E-state index contributed by atoms with van der Waals surface area (Å²) in [6.07, 6.45) is 0.205. The number of para-hydroxylation sites is 2. The molecule has 1 aromatic rings. The molecule has 0 saturated carbocycles. The van der Waals surface area contributed by atoms with Gasteiger partial charge >= 0.3 is 0 Å². The third kappa shape index (κ3) is 1.91. The molecule has 0 saturated heterocycles. The Labute approximate surface area is 87.5 Å². The number of carbonyl (C=O) groups is 1. The molecular formula is C11H10N2O2. The number of rotatable bonds is 2. The van der Waals surface area contributed by atoms with Crippen molar-refractivity contribution in [3.05, 3.63) is 24.3 Å². The van der Waals surface area contributed by atoms with Crippen LogP contribution >= 0.6 is 0 Å². The first-order chi connectivity index (χ1) is 7.31. The number of nitrogens with one attached hydrogen (secondary N) is 1. The lowest BCUT2D eigenvalue weighted by Gasteiger charge is -2.24. The zero-order valence-corrected chi connectivity index (χ0v) is 8.06. The Balaban J connectivity index is 2.15. The number of fused-ring (bicyclic) bond motifs is 1. The van der Waals surface area contributed by atoms with Crippen molar-refractivity contribution in [1.82, 2.24) is 0 Å². The molecular weight excluding hydrogens is 192 g/mol. The quantitative estimate of drug-likeness (QED) is 0.793. The normalized spacial score (nSPS) is 18.3. The van der Waals surface area contributed by atoms with E-state index < -0.39 is 6.10 Å². The zero-order valence-electron chi connectivity index (χ0n) is 8.06. The monoisotopic (exact) mass is 202 g/mol. The minimum atomic E-state index is -0.542. The lowest BCUT2D eigenvalue weighted by molar-refractivity contribution is -0.123. The highest BCUT2D eigenvalue weighted by Crippen LogP contribution is 2.29. The van der Waals surface area contributed by atoms with Crippen LogP contribution < -0.4 is 10.1 Å². The van der Waals surface area contributed by atoms with Crippen LogP contribution in [0.5, 0.6) is 5.75 Å². The smallest absolute Gasteiger partial charge is 0.265 e. The van der Waals surface area contributed by atoms with E-state index in [9.17, 15) is 4.79 Å². The van der Waals surface area contributed by atoms with E-state index in [0.29, 0.717) is 24.3 Å². The molecule has 1 atom stereocenters. The van der Waals surface area contributed by atoms with Gasteiger partial charge in [0.05, 0.1) is 11.8 Å². The summed E-state index contributed by atoms with van der Waals surface area (Å²) >= 11 is 0. The molecule has 76 valence electrons. The molecule has 0 spiro atoms. The van der Waals surface area contributed by atoms with Gasteiger partial charge in [-0.2, -0.15) is 5.26 Å². The van der Waals surface area contributed by atoms with Crippen LogP contribution in [0.25, 0.3) is 0 Å². The maximum Gasteiger partial charge on any atom is 0.265 e. The van der Waals surface area contributed by atoms with Crippen LogP contribution in [0.15, 0.2) is 24.3 Å². The van der Waals surface area contributed by atoms with E-state index in [1.54, 1.807) is 12.1 Å². The van der Waals surface area contributed by atoms with Crippen molar-refractivity contribution in [2.45, 2.75) is 18.9 Å². The van der Waals surface area contributed by atoms with Gasteiger partial charge in [0.15, 0.2) is 6.10 Å². The van der Waals surface area contributed by atoms with Crippen molar-refractivity contribution in [2.24, 2.45) is 0 Å². The third-order valence-corrected chi connectivity index (χ3v) is 2.22. The van der Waals surface area contributed by atoms with Crippen LogP contribution in [0.2, 0.25) is 0 Å². The number of hydrogen-bond donors (Lipinski definition) is 1. The molecule has 15 heavy (non-hydrogen) atoms. The largest absolute Gasteiger partial charge is 0.478 e. The predicted molar refractivity (Wildman–Crippen MR) is 54.3 cm³/mol. The Morgan fingerprint density at radius 1 is 1.47 bits per heavy atom. The highest BCUT2D eigenvalue weighted by atomic mass is 16.5. The van der Waals surface area contributed by atoms with Crippen molar-refractivity contribution in [3.63, 3.8) is 0 Å². The number of amides is 1. The first-order valence-corrected chi connectivity index (χ1v) is 4.75. The number of carbonyl (C=O) groups excluding carboxylic acids is 1. The van der Waals surface area contributed by atoms with Crippen LogP contribution in [-0.2, 0) is 4.79 Å². The van der Waals surface area contributed by atoms with E-state index in [2.05, 4.69) is 5.32 Å². The van der Waals surface area contributed by atoms with Gasteiger partial charge in [-0.05, 0) is 12.1 Å². The summed E-state index contributed by atoms with van der Waals surface area (Å²) in [5.41, 5.74) is 0.690. The molecule has 1 N–H and O–H groups in total. The van der Waals surface area contributed by atoms with Gasteiger partial charge in [0.25, 0.3) is 5.91 Å². The molecule has 0 aromatic heterocycles. The molecule has 1 aliphatic rings. The Morgan fingerprint density at radius 2 is 2.27 bits per heavy atom. The average molecular weight is 202 g/mol. The minimum absolute atomic E-state index is 0.177. The number of ether oxygens (including phenoxy) is 1. The summed E-state index contributed by atoms with van der Waals surface area (Å²) < 4.78 is 5.48. The number of nitrogens with zero attached hydrogens (tertiary/aromatic N) is 1. The van der Waals surface area contributed by atoms with E-state index in [-0.39, 0.29) is 5.91 Å². The van der Waals surface area contributed by atoms with Crippen LogP contribution in [0.1, 0.15) is 12.8 Å². The predicted octanol–water partition coefficient (Wildman–Crippen LogP) is 1.69. The molecule has 2 rings (SSSR count). The summed E-state index contributed by atoms with van der Waals surface area (Å²) in [6, 6.07) is 9.26. The van der Waals surface area contributed by atoms with Crippen LogP contribution in [0.4, 0.5) is 5.69 Å². The molecule has 1 aliphatic heterocycles. The zero-order chi connectivity index (χ0) is 10.7.